The highest BCUT2D eigenvalue weighted by atomic mass is 16.4. The van der Waals surface area contributed by atoms with Gasteiger partial charge in [0.05, 0.1) is 29.1 Å². The third-order valence-corrected chi connectivity index (χ3v) is 6.84. The molecule has 0 aliphatic carbocycles. The Bertz CT molecular complexity index is 1610. The summed E-state index contributed by atoms with van der Waals surface area (Å²) in [6.07, 6.45) is 0. The maximum Gasteiger partial charge on any atom is 0.336 e. The van der Waals surface area contributed by atoms with E-state index in [4.69, 9.17) is 4.99 Å². The number of carbonyl (C=O) groups is 3. The lowest BCUT2D eigenvalue weighted by molar-refractivity contribution is -0.124. The zero-order valence-electron chi connectivity index (χ0n) is 21.9. The number of rotatable bonds is 8. The van der Waals surface area contributed by atoms with Crippen LogP contribution in [0.15, 0.2) is 71.7 Å². The van der Waals surface area contributed by atoms with Gasteiger partial charge < -0.3 is 25.8 Å². The van der Waals surface area contributed by atoms with Gasteiger partial charge >= 0.3 is 5.97 Å². The van der Waals surface area contributed by atoms with Crippen molar-refractivity contribution in [2.45, 2.75) is 6.92 Å². The van der Waals surface area contributed by atoms with E-state index in [0.717, 1.165) is 12.1 Å². The summed E-state index contributed by atoms with van der Waals surface area (Å²) in [5, 5.41) is 26.7. The number of aromatic hydroxyl groups is 1. The van der Waals surface area contributed by atoms with Crippen LogP contribution in [-0.4, -0.2) is 76.3 Å². The average molecular weight is 540 g/mol. The van der Waals surface area contributed by atoms with Gasteiger partial charge in [-0.2, -0.15) is 0 Å². The maximum absolute atomic E-state index is 12.7. The second-order valence-corrected chi connectivity index (χ2v) is 9.62. The first kappa shape index (κ1) is 26.6. The highest BCUT2D eigenvalue weighted by Crippen LogP contribution is 2.33. The van der Waals surface area contributed by atoms with Crippen molar-refractivity contribution < 1.29 is 24.6 Å². The Morgan fingerprint density at radius 2 is 1.80 bits per heavy atom. The van der Waals surface area contributed by atoms with Gasteiger partial charge in [0, 0.05) is 48.2 Å². The zero-order valence-corrected chi connectivity index (χ0v) is 21.9. The number of aliphatic imine (C=N–C) groups is 1. The number of carboxylic acid groups (broad SMARTS) is 1. The standard InChI is InChI=1S/C30H29N5O5/c1-18-15-23-24(16-22(18)30(39)40)34-29(38)26(23)27(19-5-3-2-4-6-19)33-21-9-7-20(8-10-21)28(37)32-12-14-35-13-11-31-25(36)17-35/h2-10,15-16,34,38H,11-14,17H2,1H3,(H,31,36)(H,32,37)(H,39,40). The number of hydrogen-bond donors (Lipinski definition) is 5. The summed E-state index contributed by atoms with van der Waals surface area (Å²) in [6, 6.07) is 19.4. The summed E-state index contributed by atoms with van der Waals surface area (Å²) in [6.45, 7) is 4.42. The van der Waals surface area contributed by atoms with Gasteiger partial charge in [-0.05, 0) is 48.9 Å². The quantitative estimate of drug-likeness (QED) is 0.217. The summed E-state index contributed by atoms with van der Waals surface area (Å²) in [5.74, 6) is -1.40. The number of benzene rings is 3. The fourth-order valence-corrected chi connectivity index (χ4v) is 4.80. The molecule has 1 aliphatic rings. The fourth-order valence-electron chi connectivity index (χ4n) is 4.80. The minimum absolute atomic E-state index is 0.00954. The maximum atomic E-state index is 12.7. The number of carboxylic acids is 1. The van der Waals surface area contributed by atoms with Gasteiger partial charge in [0.25, 0.3) is 5.91 Å². The Morgan fingerprint density at radius 1 is 1.05 bits per heavy atom. The number of piperazine rings is 1. The summed E-state index contributed by atoms with van der Waals surface area (Å²) >= 11 is 0. The predicted octanol–water partition coefficient (Wildman–Crippen LogP) is 3.21. The van der Waals surface area contributed by atoms with Gasteiger partial charge in [0.2, 0.25) is 5.91 Å². The third kappa shape index (κ3) is 5.71. The Morgan fingerprint density at radius 3 is 2.50 bits per heavy atom. The first-order chi connectivity index (χ1) is 19.3. The van der Waals surface area contributed by atoms with Gasteiger partial charge in [-0.25, -0.2) is 9.79 Å². The van der Waals surface area contributed by atoms with Crippen LogP contribution in [0.3, 0.4) is 0 Å². The highest BCUT2D eigenvalue weighted by molar-refractivity contribution is 6.22. The van der Waals surface area contributed by atoms with Crippen LogP contribution in [0.5, 0.6) is 5.88 Å². The van der Waals surface area contributed by atoms with E-state index in [1.807, 2.05) is 35.2 Å². The minimum Gasteiger partial charge on any atom is -0.494 e. The fraction of sp³-hybridized carbons (Fsp3) is 0.200. The minimum atomic E-state index is -1.05. The zero-order chi connectivity index (χ0) is 28.2. The van der Waals surface area contributed by atoms with Gasteiger partial charge in [0.15, 0.2) is 5.88 Å². The summed E-state index contributed by atoms with van der Waals surface area (Å²) in [5.41, 5.74) is 3.94. The van der Waals surface area contributed by atoms with Crippen molar-refractivity contribution in [2.24, 2.45) is 4.99 Å². The molecule has 0 unspecified atom stereocenters. The van der Waals surface area contributed by atoms with Crippen LogP contribution in [0.1, 0.15) is 37.4 Å². The largest absolute Gasteiger partial charge is 0.494 e. The molecule has 0 bridgehead atoms. The lowest BCUT2D eigenvalue weighted by Gasteiger charge is -2.26. The van der Waals surface area contributed by atoms with Gasteiger partial charge in [-0.3, -0.25) is 14.5 Å². The summed E-state index contributed by atoms with van der Waals surface area (Å²) < 4.78 is 0. The van der Waals surface area contributed by atoms with E-state index in [1.165, 1.54) is 6.07 Å². The number of aromatic nitrogens is 1. The number of H-pyrrole nitrogens is 1. The highest BCUT2D eigenvalue weighted by Gasteiger charge is 2.21. The summed E-state index contributed by atoms with van der Waals surface area (Å²) in [4.78, 5) is 45.5. The van der Waals surface area contributed by atoms with E-state index < -0.39 is 5.97 Å². The third-order valence-electron chi connectivity index (χ3n) is 6.84. The Hall–Kier alpha value is -4.96. The van der Waals surface area contributed by atoms with E-state index >= 15 is 0 Å². The van der Waals surface area contributed by atoms with Crippen molar-refractivity contribution in [3.05, 3.63) is 94.5 Å². The molecule has 5 N–H and O–H groups in total. The Labute approximate surface area is 230 Å². The second-order valence-electron chi connectivity index (χ2n) is 9.62. The average Bonchev–Trinajstić information content (AvgIpc) is 3.26. The first-order valence-electron chi connectivity index (χ1n) is 12.9. The van der Waals surface area contributed by atoms with Crippen molar-refractivity contribution in [2.75, 3.05) is 32.7 Å². The number of hydrogen-bond acceptors (Lipinski definition) is 6. The number of amides is 2. The first-order valence-corrected chi connectivity index (χ1v) is 12.9. The van der Waals surface area contributed by atoms with Crippen LogP contribution in [0.4, 0.5) is 5.69 Å². The molecule has 0 spiro atoms. The van der Waals surface area contributed by atoms with Crippen LogP contribution in [0.2, 0.25) is 0 Å². The van der Waals surface area contributed by atoms with Crippen molar-refractivity contribution in [3.63, 3.8) is 0 Å². The molecule has 2 heterocycles. The van der Waals surface area contributed by atoms with Crippen LogP contribution < -0.4 is 10.6 Å². The number of nitrogens with zero attached hydrogens (tertiary/aromatic N) is 2. The van der Waals surface area contributed by atoms with E-state index in [2.05, 4.69) is 15.6 Å². The van der Waals surface area contributed by atoms with Crippen LogP contribution >= 0.6 is 0 Å². The molecule has 1 saturated heterocycles. The molecule has 4 aromatic rings. The van der Waals surface area contributed by atoms with Crippen molar-refractivity contribution in [1.29, 1.82) is 0 Å². The molecule has 10 heteroatoms. The number of aromatic carboxylic acids is 1. The molecule has 0 saturated carbocycles. The van der Waals surface area contributed by atoms with Gasteiger partial charge in [-0.15, -0.1) is 0 Å². The van der Waals surface area contributed by atoms with Crippen LogP contribution in [0, 0.1) is 6.92 Å². The Kier molecular flexibility index (Phi) is 7.61. The van der Waals surface area contributed by atoms with Gasteiger partial charge in [0.1, 0.15) is 0 Å². The molecule has 40 heavy (non-hydrogen) atoms. The predicted molar refractivity (Wildman–Crippen MR) is 152 cm³/mol. The van der Waals surface area contributed by atoms with Crippen molar-refractivity contribution in [1.82, 2.24) is 20.5 Å². The second kappa shape index (κ2) is 11.4. The number of nitrogens with one attached hydrogen (secondary N) is 3. The van der Waals surface area contributed by atoms with E-state index in [1.54, 1.807) is 37.3 Å². The van der Waals surface area contributed by atoms with Crippen molar-refractivity contribution >= 4 is 40.1 Å². The molecule has 0 atom stereocenters. The molecular formula is C30H29N5O5. The molecule has 0 radical (unpaired) electrons. The number of aryl methyl sites for hydroxylation is 1. The molecule has 1 aromatic heterocycles. The van der Waals surface area contributed by atoms with E-state index in [0.29, 0.717) is 65.2 Å². The Balaban J connectivity index is 1.41. The molecule has 2 amide bonds. The topological polar surface area (TPSA) is 147 Å². The summed E-state index contributed by atoms with van der Waals surface area (Å²) in [7, 11) is 0. The number of fused-ring (bicyclic) bond motifs is 1. The molecular weight excluding hydrogens is 510 g/mol. The molecule has 1 fully saturated rings. The normalized spacial score (nSPS) is 14.2. The molecule has 10 nitrogen and oxygen atoms in total. The number of carbonyl (C=O) groups excluding carboxylic acids is 2. The van der Waals surface area contributed by atoms with E-state index in [9.17, 15) is 24.6 Å². The van der Waals surface area contributed by atoms with Crippen LogP contribution in [0.25, 0.3) is 10.9 Å². The van der Waals surface area contributed by atoms with Gasteiger partial charge in [-0.1, -0.05) is 30.3 Å². The van der Waals surface area contributed by atoms with E-state index in [-0.39, 0.29) is 23.3 Å². The molecule has 1 aliphatic heterocycles. The lowest BCUT2D eigenvalue weighted by atomic mass is 9.98. The SMILES string of the molecule is Cc1cc2c(C(=Nc3ccc(C(=O)NCCN4CCNC(=O)C4)cc3)c3ccccc3)c(O)[nH]c2cc1C(=O)O. The number of aromatic amines is 1. The molecule has 3 aromatic carbocycles. The monoisotopic (exact) mass is 539 g/mol. The lowest BCUT2D eigenvalue weighted by Crippen LogP contribution is -2.49. The van der Waals surface area contributed by atoms with Crippen LogP contribution in [-0.2, 0) is 4.79 Å². The smallest absolute Gasteiger partial charge is 0.336 e. The van der Waals surface area contributed by atoms with Crippen molar-refractivity contribution in [3.8, 4) is 5.88 Å². The molecule has 5 rings (SSSR count). The molecule has 204 valence electrons.